The Balaban J connectivity index is 2.25. The smallest absolute Gasteiger partial charge is 0.321 e. The minimum Gasteiger partial charge on any atom is -0.395 e. The van der Waals surface area contributed by atoms with E-state index in [-0.39, 0.29) is 12.6 Å². The molecule has 7 nitrogen and oxygen atoms in total. The van der Waals surface area contributed by atoms with Crippen molar-refractivity contribution in [3.8, 4) is 11.4 Å². The highest BCUT2D eigenvalue weighted by Crippen LogP contribution is 2.26. The number of rotatable bonds is 7. The zero-order valence-electron chi connectivity index (χ0n) is 13.6. The summed E-state index contributed by atoms with van der Waals surface area (Å²) >= 11 is 0. The molecule has 2 amide bonds. The molecule has 0 spiro atoms. The van der Waals surface area contributed by atoms with Crippen LogP contribution in [0.5, 0.6) is 0 Å². The van der Waals surface area contributed by atoms with Gasteiger partial charge in [-0.1, -0.05) is 19.1 Å². The largest absolute Gasteiger partial charge is 0.395 e. The van der Waals surface area contributed by atoms with Crippen molar-refractivity contribution in [1.82, 2.24) is 19.7 Å². The summed E-state index contributed by atoms with van der Waals surface area (Å²) in [5, 5.41) is 20.1. The average molecular weight is 317 g/mol. The predicted octanol–water partition coefficient (Wildman–Crippen LogP) is 2.20. The van der Waals surface area contributed by atoms with Crippen LogP contribution >= 0.6 is 0 Å². The van der Waals surface area contributed by atoms with E-state index in [1.807, 2.05) is 42.7 Å². The fourth-order valence-electron chi connectivity index (χ4n) is 2.38. The number of carbonyl (C=O) groups excluding carboxylic acids is 1. The van der Waals surface area contributed by atoms with Gasteiger partial charge in [-0.05, 0) is 25.5 Å². The van der Waals surface area contributed by atoms with Crippen LogP contribution in [0.2, 0.25) is 0 Å². The fourth-order valence-corrected chi connectivity index (χ4v) is 2.38. The molecule has 23 heavy (non-hydrogen) atoms. The van der Waals surface area contributed by atoms with E-state index in [2.05, 4.69) is 15.5 Å². The molecule has 2 aromatic rings. The van der Waals surface area contributed by atoms with E-state index in [9.17, 15) is 4.79 Å². The second-order valence-corrected chi connectivity index (χ2v) is 5.13. The van der Waals surface area contributed by atoms with Gasteiger partial charge >= 0.3 is 6.03 Å². The minimum absolute atomic E-state index is 0.0563. The van der Waals surface area contributed by atoms with Gasteiger partial charge in [0.1, 0.15) is 6.33 Å². The first-order valence-corrected chi connectivity index (χ1v) is 7.85. The number of nitrogens with zero attached hydrogens (tertiary/aromatic N) is 4. The molecule has 2 rings (SSSR count). The number of anilines is 1. The van der Waals surface area contributed by atoms with Gasteiger partial charge in [-0.2, -0.15) is 0 Å². The zero-order valence-corrected chi connectivity index (χ0v) is 13.6. The van der Waals surface area contributed by atoms with Crippen LogP contribution < -0.4 is 5.32 Å². The molecule has 7 heteroatoms. The molecule has 0 fully saturated rings. The third kappa shape index (κ3) is 4.07. The summed E-state index contributed by atoms with van der Waals surface area (Å²) in [6.45, 7) is 5.61. The van der Waals surface area contributed by atoms with E-state index < -0.39 is 0 Å². The van der Waals surface area contributed by atoms with Gasteiger partial charge < -0.3 is 19.9 Å². The summed E-state index contributed by atoms with van der Waals surface area (Å²) < 4.78 is 1.92. The second kappa shape index (κ2) is 8.28. The van der Waals surface area contributed by atoms with E-state index in [4.69, 9.17) is 5.11 Å². The van der Waals surface area contributed by atoms with Gasteiger partial charge in [-0.15, -0.1) is 10.2 Å². The molecule has 1 heterocycles. The molecule has 0 radical (unpaired) electrons. The molecule has 0 saturated carbocycles. The maximum atomic E-state index is 12.4. The number of aryl methyl sites for hydroxylation is 1. The van der Waals surface area contributed by atoms with Crippen molar-refractivity contribution in [2.24, 2.45) is 0 Å². The first kappa shape index (κ1) is 17.0. The normalized spacial score (nSPS) is 10.6. The fraction of sp³-hybridized carbons (Fsp3) is 0.438. The molecule has 1 aromatic heterocycles. The maximum Gasteiger partial charge on any atom is 0.321 e. The van der Waals surface area contributed by atoms with E-state index in [0.717, 1.165) is 18.5 Å². The third-order valence-corrected chi connectivity index (χ3v) is 3.52. The van der Waals surface area contributed by atoms with E-state index in [1.165, 1.54) is 0 Å². The van der Waals surface area contributed by atoms with Crippen molar-refractivity contribution in [1.29, 1.82) is 0 Å². The highest BCUT2D eigenvalue weighted by atomic mass is 16.3. The van der Waals surface area contributed by atoms with Gasteiger partial charge in [0.2, 0.25) is 0 Å². The lowest BCUT2D eigenvalue weighted by Crippen LogP contribution is -2.37. The van der Waals surface area contributed by atoms with Crippen molar-refractivity contribution < 1.29 is 9.90 Å². The Morgan fingerprint density at radius 3 is 2.78 bits per heavy atom. The van der Waals surface area contributed by atoms with Gasteiger partial charge in [0.25, 0.3) is 0 Å². The van der Waals surface area contributed by atoms with Gasteiger partial charge in [-0.25, -0.2) is 4.79 Å². The van der Waals surface area contributed by atoms with Crippen molar-refractivity contribution >= 4 is 11.7 Å². The number of hydrogen-bond acceptors (Lipinski definition) is 4. The zero-order chi connectivity index (χ0) is 16.7. The second-order valence-electron chi connectivity index (χ2n) is 5.13. The maximum absolute atomic E-state index is 12.4. The third-order valence-electron chi connectivity index (χ3n) is 3.52. The topological polar surface area (TPSA) is 83.3 Å². The molecule has 0 saturated heterocycles. The van der Waals surface area contributed by atoms with Crippen LogP contribution in [0.4, 0.5) is 10.5 Å². The quantitative estimate of drug-likeness (QED) is 0.820. The number of nitrogens with one attached hydrogen (secondary N) is 1. The molecular formula is C16H23N5O2. The van der Waals surface area contributed by atoms with Crippen LogP contribution in [0.25, 0.3) is 11.4 Å². The van der Waals surface area contributed by atoms with Gasteiger partial charge in [-0.3, -0.25) is 0 Å². The van der Waals surface area contributed by atoms with Crippen LogP contribution in [0.1, 0.15) is 20.3 Å². The SMILES string of the molecule is CCCN(CCO)C(=O)Nc1ccccc1-c1nncn1CC. The van der Waals surface area contributed by atoms with Gasteiger partial charge in [0.05, 0.1) is 12.3 Å². The molecule has 0 bridgehead atoms. The summed E-state index contributed by atoms with van der Waals surface area (Å²) in [4.78, 5) is 14.0. The van der Waals surface area contributed by atoms with Gasteiger partial charge in [0.15, 0.2) is 5.82 Å². The van der Waals surface area contributed by atoms with E-state index in [0.29, 0.717) is 24.6 Å². The Labute approximate surface area is 136 Å². The van der Waals surface area contributed by atoms with Crippen molar-refractivity contribution in [3.63, 3.8) is 0 Å². The van der Waals surface area contributed by atoms with Crippen LogP contribution in [-0.2, 0) is 6.54 Å². The first-order chi connectivity index (χ1) is 11.2. The molecule has 0 atom stereocenters. The summed E-state index contributed by atoms with van der Waals surface area (Å²) in [6, 6.07) is 7.28. The molecule has 1 aromatic carbocycles. The highest BCUT2D eigenvalue weighted by Gasteiger charge is 2.16. The Bertz CT molecular complexity index is 635. The van der Waals surface area contributed by atoms with Gasteiger partial charge in [0, 0.05) is 25.2 Å². The molecule has 0 unspecified atom stereocenters. The monoisotopic (exact) mass is 317 g/mol. The Kier molecular flexibility index (Phi) is 6.10. The number of aromatic nitrogens is 3. The van der Waals surface area contributed by atoms with Crippen molar-refractivity contribution in [2.75, 3.05) is 25.0 Å². The lowest BCUT2D eigenvalue weighted by molar-refractivity contribution is 0.188. The molecule has 2 N–H and O–H groups in total. The standard InChI is InChI=1S/C16H23N5O2/c1-3-9-21(10-11-22)16(23)18-14-8-6-5-7-13(14)15-19-17-12-20(15)4-2/h5-8,12,22H,3-4,9-11H2,1-2H3,(H,18,23). The number of amides is 2. The highest BCUT2D eigenvalue weighted by molar-refractivity contribution is 5.93. The Morgan fingerprint density at radius 2 is 2.09 bits per heavy atom. The van der Waals surface area contributed by atoms with Crippen molar-refractivity contribution in [3.05, 3.63) is 30.6 Å². The Hall–Kier alpha value is -2.41. The number of para-hydroxylation sites is 1. The average Bonchev–Trinajstić information content (AvgIpc) is 3.03. The van der Waals surface area contributed by atoms with Crippen LogP contribution in [0.3, 0.4) is 0 Å². The minimum atomic E-state index is -0.226. The molecular weight excluding hydrogens is 294 g/mol. The summed E-state index contributed by atoms with van der Waals surface area (Å²) in [7, 11) is 0. The number of aliphatic hydroxyl groups is 1. The molecule has 0 aliphatic rings. The summed E-state index contributed by atoms with van der Waals surface area (Å²) in [5.74, 6) is 0.715. The number of aliphatic hydroxyl groups excluding tert-OH is 1. The van der Waals surface area contributed by atoms with Crippen LogP contribution in [0.15, 0.2) is 30.6 Å². The predicted molar refractivity (Wildman–Crippen MR) is 89.1 cm³/mol. The van der Waals surface area contributed by atoms with Crippen molar-refractivity contribution in [2.45, 2.75) is 26.8 Å². The van der Waals surface area contributed by atoms with E-state index >= 15 is 0 Å². The van der Waals surface area contributed by atoms with E-state index in [1.54, 1.807) is 11.2 Å². The number of benzene rings is 1. The lowest BCUT2D eigenvalue weighted by Gasteiger charge is -2.22. The lowest BCUT2D eigenvalue weighted by atomic mass is 10.1. The number of carbonyl (C=O) groups is 1. The number of hydrogen-bond donors (Lipinski definition) is 2. The Morgan fingerprint density at radius 1 is 1.30 bits per heavy atom. The number of urea groups is 1. The molecule has 124 valence electrons. The first-order valence-electron chi connectivity index (χ1n) is 7.85. The van der Waals surface area contributed by atoms with Crippen LogP contribution in [0, 0.1) is 0 Å². The van der Waals surface area contributed by atoms with Crippen LogP contribution in [-0.4, -0.2) is 50.5 Å². The summed E-state index contributed by atoms with van der Waals surface area (Å²) in [5.41, 5.74) is 1.50. The summed E-state index contributed by atoms with van der Waals surface area (Å²) in [6.07, 6.45) is 2.50. The molecule has 0 aliphatic heterocycles. The molecule has 0 aliphatic carbocycles.